The van der Waals surface area contributed by atoms with Crippen molar-refractivity contribution >= 4 is 24.2 Å². The number of H-pyrrole nitrogens is 1. The number of aryl methyl sites for hydroxylation is 1. The summed E-state index contributed by atoms with van der Waals surface area (Å²) in [6.07, 6.45) is 0. The molecule has 11 heavy (non-hydrogen) atoms. The first-order valence-corrected chi connectivity index (χ1v) is 3.69. The van der Waals surface area contributed by atoms with Crippen LogP contribution >= 0.6 is 0 Å². The van der Waals surface area contributed by atoms with Gasteiger partial charge in [0, 0.05) is 5.39 Å². The average molecular weight is 144 g/mol. The Labute approximate surface area is 66.0 Å². The number of nitrogens with zero attached hydrogens (tertiary/aromatic N) is 1. The van der Waals surface area contributed by atoms with E-state index in [0.29, 0.717) is 0 Å². The summed E-state index contributed by atoms with van der Waals surface area (Å²) in [4.78, 5) is 0. The molecule has 0 spiro atoms. The topological polar surface area (TPSA) is 28.7 Å². The molecule has 0 fully saturated rings. The van der Waals surface area contributed by atoms with Crippen molar-refractivity contribution in [1.29, 1.82) is 0 Å². The first-order valence-electron chi connectivity index (χ1n) is 3.69. The number of benzene rings is 1. The van der Waals surface area contributed by atoms with Gasteiger partial charge in [-0.2, -0.15) is 5.10 Å². The fraction of sp³-hybridized carbons (Fsp3) is 0.125. The second-order valence-electron chi connectivity index (χ2n) is 2.86. The SMILES string of the molecule is Bc1ccc2c(C)n[nH]c2c1. The van der Waals surface area contributed by atoms with Gasteiger partial charge in [0.15, 0.2) is 0 Å². The minimum atomic E-state index is 1.07. The van der Waals surface area contributed by atoms with E-state index in [0.717, 1.165) is 11.2 Å². The number of hydrogen-bond donors (Lipinski definition) is 1. The van der Waals surface area contributed by atoms with E-state index in [1.165, 1.54) is 10.8 Å². The van der Waals surface area contributed by atoms with Gasteiger partial charge in [-0.3, -0.25) is 5.10 Å². The summed E-state index contributed by atoms with van der Waals surface area (Å²) in [5, 5.41) is 8.31. The molecule has 1 aromatic heterocycles. The summed E-state index contributed by atoms with van der Waals surface area (Å²) in [6.45, 7) is 2.01. The third-order valence-corrected chi connectivity index (χ3v) is 1.91. The Kier molecular flexibility index (Phi) is 1.25. The van der Waals surface area contributed by atoms with Gasteiger partial charge in [-0.05, 0) is 13.0 Å². The molecule has 54 valence electrons. The zero-order valence-corrected chi connectivity index (χ0v) is 6.68. The maximum atomic E-state index is 4.11. The monoisotopic (exact) mass is 144 g/mol. The summed E-state index contributed by atoms with van der Waals surface area (Å²) < 4.78 is 0. The van der Waals surface area contributed by atoms with Crippen LogP contribution in [-0.4, -0.2) is 18.0 Å². The standard InChI is InChI=1S/C8H9BN2/c1-5-7-3-2-6(9)4-8(7)11-10-5/h2-4H,9H2,1H3,(H,10,11). The summed E-state index contributed by atoms with van der Waals surface area (Å²) in [6, 6.07) is 6.31. The molecule has 0 aliphatic rings. The molecule has 0 saturated heterocycles. The van der Waals surface area contributed by atoms with Crippen LogP contribution in [0, 0.1) is 6.92 Å². The van der Waals surface area contributed by atoms with E-state index in [4.69, 9.17) is 0 Å². The minimum Gasteiger partial charge on any atom is -0.278 e. The Morgan fingerprint density at radius 3 is 3.09 bits per heavy atom. The van der Waals surface area contributed by atoms with Crippen LogP contribution in [0.4, 0.5) is 0 Å². The van der Waals surface area contributed by atoms with Gasteiger partial charge in [-0.1, -0.05) is 17.6 Å². The lowest BCUT2D eigenvalue weighted by molar-refractivity contribution is 1.07. The van der Waals surface area contributed by atoms with Crippen LogP contribution in [0.15, 0.2) is 18.2 Å². The smallest absolute Gasteiger partial charge is 0.139 e. The number of aromatic amines is 1. The Bertz CT molecular complexity index is 392. The van der Waals surface area contributed by atoms with Crippen molar-refractivity contribution in [3.63, 3.8) is 0 Å². The lowest BCUT2D eigenvalue weighted by Crippen LogP contribution is -1.99. The maximum Gasteiger partial charge on any atom is 0.139 e. The second-order valence-corrected chi connectivity index (χ2v) is 2.86. The van der Waals surface area contributed by atoms with Crippen molar-refractivity contribution in [3.05, 3.63) is 23.9 Å². The highest BCUT2D eigenvalue weighted by Crippen LogP contribution is 2.11. The molecule has 1 aromatic carbocycles. The molecule has 1 heterocycles. The quantitative estimate of drug-likeness (QED) is 0.523. The van der Waals surface area contributed by atoms with Crippen molar-refractivity contribution in [1.82, 2.24) is 10.2 Å². The number of hydrogen-bond acceptors (Lipinski definition) is 1. The van der Waals surface area contributed by atoms with Crippen molar-refractivity contribution in [3.8, 4) is 0 Å². The summed E-state index contributed by atoms with van der Waals surface area (Å²) in [7, 11) is 2.08. The Morgan fingerprint density at radius 1 is 1.45 bits per heavy atom. The molecule has 0 aliphatic heterocycles. The van der Waals surface area contributed by atoms with Gasteiger partial charge in [-0.15, -0.1) is 0 Å². The van der Waals surface area contributed by atoms with Gasteiger partial charge in [0.05, 0.1) is 11.2 Å². The van der Waals surface area contributed by atoms with Crippen molar-refractivity contribution in [2.24, 2.45) is 0 Å². The van der Waals surface area contributed by atoms with Gasteiger partial charge < -0.3 is 0 Å². The zero-order valence-electron chi connectivity index (χ0n) is 6.68. The van der Waals surface area contributed by atoms with E-state index >= 15 is 0 Å². The lowest BCUT2D eigenvalue weighted by atomic mass is 9.95. The van der Waals surface area contributed by atoms with E-state index < -0.39 is 0 Å². The van der Waals surface area contributed by atoms with Crippen LogP contribution in [0.25, 0.3) is 10.9 Å². The first-order chi connectivity index (χ1) is 5.27. The largest absolute Gasteiger partial charge is 0.278 e. The van der Waals surface area contributed by atoms with E-state index in [-0.39, 0.29) is 0 Å². The Morgan fingerprint density at radius 2 is 2.27 bits per heavy atom. The van der Waals surface area contributed by atoms with Crippen LogP contribution in [0.1, 0.15) is 5.69 Å². The van der Waals surface area contributed by atoms with Crippen LogP contribution < -0.4 is 5.46 Å². The van der Waals surface area contributed by atoms with Crippen molar-refractivity contribution < 1.29 is 0 Å². The number of rotatable bonds is 0. The zero-order chi connectivity index (χ0) is 7.84. The lowest BCUT2D eigenvalue weighted by Gasteiger charge is -1.91. The van der Waals surface area contributed by atoms with Gasteiger partial charge in [-0.25, -0.2) is 0 Å². The summed E-state index contributed by atoms with van der Waals surface area (Å²) >= 11 is 0. The highest BCUT2D eigenvalue weighted by molar-refractivity contribution is 6.33. The number of fused-ring (bicyclic) bond motifs is 1. The molecule has 0 aliphatic carbocycles. The number of aromatic nitrogens is 2. The summed E-state index contributed by atoms with van der Waals surface area (Å²) in [5.41, 5.74) is 3.46. The highest BCUT2D eigenvalue weighted by Gasteiger charge is 1.98. The van der Waals surface area contributed by atoms with Gasteiger partial charge in [0.25, 0.3) is 0 Å². The first kappa shape index (κ1) is 6.46. The third kappa shape index (κ3) is 0.927. The predicted molar refractivity (Wildman–Crippen MR) is 49.0 cm³/mol. The molecular weight excluding hydrogens is 135 g/mol. The molecule has 0 bridgehead atoms. The molecule has 0 unspecified atom stereocenters. The third-order valence-electron chi connectivity index (χ3n) is 1.91. The molecule has 1 N–H and O–H groups in total. The Hall–Kier alpha value is -1.25. The van der Waals surface area contributed by atoms with E-state index in [2.05, 4.69) is 36.2 Å². The molecular formula is C8H9BN2. The fourth-order valence-corrected chi connectivity index (χ4v) is 1.27. The van der Waals surface area contributed by atoms with Gasteiger partial charge in [0.2, 0.25) is 0 Å². The molecule has 3 heteroatoms. The number of nitrogens with one attached hydrogen (secondary N) is 1. The van der Waals surface area contributed by atoms with E-state index in [9.17, 15) is 0 Å². The molecule has 0 radical (unpaired) electrons. The fourth-order valence-electron chi connectivity index (χ4n) is 1.27. The van der Waals surface area contributed by atoms with Crippen molar-refractivity contribution in [2.75, 3.05) is 0 Å². The Balaban J connectivity index is 2.86. The van der Waals surface area contributed by atoms with Gasteiger partial charge in [0.1, 0.15) is 7.85 Å². The van der Waals surface area contributed by atoms with Crippen LogP contribution in [0.3, 0.4) is 0 Å². The molecule has 0 amide bonds. The average Bonchev–Trinajstić information content (AvgIpc) is 2.32. The van der Waals surface area contributed by atoms with E-state index in [1.54, 1.807) is 0 Å². The van der Waals surface area contributed by atoms with Crippen molar-refractivity contribution in [2.45, 2.75) is 6.92 Å². The molecule has 2 nitrogen and oxygen atoms in total. The second kappa shape index (κ2) is 2.12. The highest BCUT2D eigenvalue weighted by atomic mass is 15.1. The molecule has 2 rings (SSSR count). The predicted octanol–water partition coefficient (Wildman–Crippen LogP) is 0.130. The van der Waals surface area contributed by atoms with Crippen LogP contribution in [0.5, 0.6) is 0 Å². The van der Waals surface area contributed by atoms with E-state index in [1.807, 2.05) is 6.92 Å². The summed E-state index contributed by atoms with van der Waals surface area (Å²) in [5.74, 6) is 0. The maximum absolute atomic E-state index is 4.11. The van der Waals surface area contributed by atoms with Crippen LogP contribution in [-0.2, 0) is 0 Å². The normalized spacial score (nSPS) is 10.6. The minimum absolute atomic E-state index is 1.07. The van der Waals surface area contributed by atoms with Crippen LogP contribution in [0.2, 0.25) is 0 Å². The molecule has 0 atom stereocenters. The van der Waals surface area contributed by atoms with Gasteiger partial charge >= 0.3 is 0 Å². The molecule has 2 aromatic rings. The molecule has 0 saturated carbocycles.